The molecule has 0 saturated heterocycles. The average molecular weight is 723 g/mol. The first-order valence-electron chi connectivity index (χ1n) is 25.9. The summed E-state index contributed by atoms with van der Waals surface area (Å²) in [4.78, 5) is 0. The van der Waals surface area contributed by atoms with Gasteiger partial charge in [0.15, 0.2) is 0 Å². The molecule has 0 heterocycles. The maximum atomic E-state index is 2.61. The van der Waals surface area contributed by atoms with Crippen LogP contribution >= 0.6 is 0 Å². The van der Waals surface area contributed by atoms with Crippen molar-refractivity contribution >= 4 is 0 Å². The molecule has 11 rings (SSSR count). The average Bonchev–Trinajstić information content (AvgIpc) is 3.73. The lowest BCUT2D eigenvalue weighted by molar-refractivity contribution is -0.261. The summed E-state index contributed by atoms with van der Waals surface area (Å²) in [5, 5.41) is 0. The zero-order valence-corrected chi connectivity index (χ0v) is 35.5. The Morgan fingerprint density at radius 2 is 0.849 bits per heavy atom. The first-order chi connectivity index (χ1) is 25.9. The lowest BCUT2D eigenvalue weighted by Crippen LogP contribution is -2.69. The van der Waals surface area contributed by atoms with Crippen LogP contribution in [-0.4, -0.2) is 0 Å². The Labute approximate surface area is 329 Å². The summed E-state index contributed by atoms with van der Waals surface area (Å²) in [6, 6.07) is 0. The van der Waals surface area contributed by atoms with Crippen molar-refractivity contribution in [3.05, 3.63) is 0 Å². The van der Waals surface area contributed by atoms with E-state index in [1.807, 2.05) is 0 Å². The summed E-state index contributed by atoms with van der Waals surface area (Å²) in [5.41, 5.74) is 1.27. The standard InChI is InChI=1S/C53H86/c1-52(2,3)39-26-28-41-37(31-39)24-29-44-48(41)49-45(30-25-38-32-43-40-22-14-13-15-33(40)23-27-42(43)46(38)49)53(44)50(35-18-9-5-10-19-35)47(34-16-7-4-8-17-34)51(53)36-20-11-6-12-21-36/h33-51H,4-32H2,1-3H3. The number of hydrogen-bond donors (Lipinski definition) is 0. The van der Waals surface area contributed by atoms with Gasteiger partial charge in [-0.25, -0.2) is 0 Å². The van der Waals surface area contributed by atoms with E-state index in [2.05, 4.69) is 20.8 Å². The van der Waals surface area contributed by atoms with Gasteiger partial charge in [0.2, 0.25) is 0 Å². The highest BCUT2D eigenvalue weighted by Crippen LogP contribution is 2.84. The second-order valence-corrected chi connectivity index (χ2v) is 24.8. The Kier molecular flexibility index (Phi) is 9.59. The van der Waals surface area contributed by atoms with E-state index in [9.17, 15) is 0 Å². The Morgan fingerprint density at radius 1 is 0.321 bits per heavy atom. The van der Waals surface area contributed by atoms with Crippen LogP contribution in [0.25, 0.3) is 0 Å². The summed E-state index contributed by atoms with van der Waals surface area (Å²) in [7, 11) is 0. The normalized spacial score (nSPS) is 53.5. The molecular weight excluding hydrogens is 637 g/mol. The lowest BCUT2D eigenvalue weighted by Gasteiger charge is -2.73. The second kappa shape index (κ2) is 14.1. The Morgan fingerprint density at radius 3 is 1.51 bits per heavy atom. The maximum absolute atomic E-state index is 2.61. The molecule has 11 saturated carbocycles. The van der Waals surface area contributed by atoms with E-state index in [0.29, 0.717) is 5.41 Å². The fourth-order valence-electron chi connectivity index (χ4n) is 21.4. The monoisotopic (exact) mass is 723 g/mol. The zero-order valence-electron chi connectivity index (χ0n) is 35.5. The van der Waals surface area contributed by atoms with E-state index in [-0.39, 0.29) is 0 Å². The molecule has 0 aromatic rings. The molecule has 1 spiro atoms. The van der Waals surface area contributed by atoms with Gasteiger partial charge in [0.1, 0.15) is 0 Å². The van der Waals surface area contributed by atoms with E-state index < -0.39 is 0 Å². The number of rotatable bonds is 3. The van der Waals surface area contributed by atoms with Crippen LogP contribution in [0, 0.1) is 123 Å². The van der Waals surface area contributed by atoms with Crippen molar-refractivity contribution in [2.45, 2.75) is 207 Å². The Balaban J connectivity index is 1.04. The van der Waals surface area contributed by atoms with Gasteiger partial charge in [0.05, 0.1) is 0 Å². The van der Waals surface area contributed by atoms with Crippen molar-refractivity contribution in [2.24, 2.45) is 123 Å². The minimum atomic E-state index is 0.508. The van der Waals surface area contributed by atoms with Gasteiger partial charge < -0.3 is 0 Å². The van der Waals surface area contributed by atoms with Crippen LogP contribution in [0.2, 0.25) is 0 Å². The first kappa shape index (κ1) is 36.1. The van der Waals surface area contributed by atoms with Gasteiger partial charge in [0, 0.05) is 0 Å². The molecule has 15 unspecified atom stereocenters. The van der Waals surface area contributed by atoms with E-state index in [4.69, 9.17) is 0 Å². The van der Waals surface area contributed by atoms with E-state index in [1.165, 1.54) is 0 Å². The van der Waals surface area contributed by atoms with Crippen LogP contribution in [0.4, 0.5) is 0 Å². The van der Waals surface area contributed by atoms with E-state index in [0.717, 1.165) is 118 Å². The number of hydrogen-bond acceptors (Lipinski definition) is 0. The molecule has 0 aromatic heterocycles. The van der Waals surface area contributed by atoms with Gasteiger partial charge in [-0.05, 0) is 194 Å². The Hall–Kier alpha value is 0. The third-order valence-electron chi connectivity index (χ3n) is 22.6. The molecule has 0 amide bonds. The molecule has 0 aromatic carbocycles. The van der Waals surface area contributed by atoms with Crippen LogP contribution in [-0.2, 0) is 0 Å². The Bertz CT molecular complexity index is 1240. The van der Waals surface area contributed by atoms with Crippen molar-refractivity contribution in [3.8, 4) is 0 Å². The van der Waals surface area contributed by atoms with Gasteiger partial charge in [-0.2, -0.15) is 0 Å². The molecule has 53 heavy (non-hydrogen) atoms. The largest absolute Gasteiger partial charge is 0.0599 e. The van der Waals surface area contributed by atoms with Crippen molar-refractivity contribution in [2.75, 3.05) is 0 Å². The minimum absolute atomic E-state index is 0.508. The molecule has 0 aliphatic heterocycles. The van der Waals surface area contributed by atoms with Crippen molar-refractivity contribution in [1.82, 2.24) is 0 Å². The van der Waals surface area contributed by atoms with Crippen LogP contribution in [0.3, 0.4) is 0 Å². The summed E-state index contributed by atoms with van der Waals surface area (Å²) in [6.45, 7) is 7.83. The molecule has 0 bridgehead atoms. The predicted octanol–water partition coefficient (Wildman–Crippen LogP) is 15.2. The summed E-state index contributed by atoms with van der Waals surface area (Å²) in [6.07, 6.45) is 46.9. The van der Waals surface area contributed by atoms with Gasteiger partial charge in [-0.15, -0.1) is 0 Å². The van der Waals surface area contributed by atoms with Crippen LogP contribution < -0.4 is 0 Å². The first-order valence-corrected chi connectivity index (χ1v) is 25.9. The summed E-state index contributed by atoms with van der Waals surface area (Å²) in [5.74, 6) is 21.3. The van der Waals surface area contributed by atoms with Gasteiger partial charge in [-0.3, -0.25) is 0 Å². The van der Waals surface area contributed by atoms with Crippen LogP contribution in [0.15, 0.2) is 0 Å². The highest BCUT2D eigenvalue weighted by Gasteiger charge is 2.79. The third-order valence-corrected chi connectivity index (χ3v) is 22.6. The van der Waals surface area contributed by atoms with Gasteiger partial charge in [-0.1, -0.05) is 136 Å². The molecular formula is C53H86. The molecule has 0 radical (unpaired) electrons. The van der Waals surface area contributed by atoms with Crippen LogP contribution in [0.1, 0.15) is 207 Å². The molecule has 15 atom stereocenters. The highest BCUT2D eigenvalue weighted by molar-refractivity contribution is 5.26. The van der Waals surface area contributed by atoms with Gasteiger partial charge in [0.25, 0.3) is 0 Å². The molecule has 11 aliphatic rings. The molecule has 0 heteroatoms. The van der Waals surface area contributed by atoms with Gasteiger partial charge >= 0.3 is 0 Å². The second-order valence-electron chi connectivity index (χ2n) is 24.8. The summed E-state index contributed by atoms with van der Waals surface area (Å²) < 4.78 is 0. The predicted molar refractivity (Wildman–Crippen MR) is 222 cm³/mol. The zero-order chi connectivity index (χ0) is 35.5. The number of fused-ring (bicyclic) bond motifs is 13. The molecule has 11 aliphatic carbocycles. The molecule has 298 valence electrons. The van der Waals surface area contributed by atoms with Crippen LogP contribution in [0.5, 0.6) is 0 Å². The molecule has 0 nitrogen and oxygen atoms in total. The fourth-order valence-corrected chi connectivity index (χ4v) is 21.4. The smallest absolute Gasteiger partial charge is 0.0168 e. The highest BCUT2D eigenvalue weighted by atomic mass is 14.8. The summed E-state index contributed by atoms with van der Waals surface area (Å²) >= 11 is 0. The van der Waals surface area contributed by atoms with Crippen molar-refractivity contribution < 1.29 is 0 Å². The minimum Gasteiger partial charge on any atom is -0.0599 e. The van der Waals surface area contributed by atoms with E-state index in [1.54, 1.807) is 186 Å². The van der Waals surface area contributed by atoms with E-state index >= 15 is 0 Å². The lowest BCUT2D eigenvalue weighted by atomic mass is 9.31. The fraction of sp³-hybridized carbons (Fsp3) is 1.00. The molecule has 0 N–H and O–H groups in total. The topological polar surface area (TPSA) is 0 Å². The molecule has 11 fully saturated rings. The maximum Gasteiger partial charge on any atom is -0.0168 e. The third kappa shape index (κ3) is 5.55. The van der Waals surface area contributed by atoms with Crippen molar-refractivity contribution in [3.63, 3.8) is 0 Å². The van der Waals surface area contributed by atoms with Crippen molar-refractivity contribution in [1.29, 1.82) is 0 Å². The quantitative estimate of drug-likeness (QED) is 0.272. The SMILES string of the molecule is CC(C)(C)C1CCC2C(CCC3C2C2C4C(CCC2C32C(C3CCCCC3)C(C3CCCCC3)C2C2CCCCC2)CC2C3CCCCC3CCC24)C1.